The zero-order chi connectivity index (χ0) is 22.0. The molecule has 0 radical (unpaired) electrons. The Labute approximate surface area is 173 Å². The van der Waals surface area contributed by atoms with E-state index in [0.29, 0.717) is 10.5 Å². The summed E-state index contributed by atoms with van der Waals surface area (Å²) < 4.78 is 10.6. The first-order chi connectivity index (χ1) is 13.3. The molecule has 1 aromatic carbocycles. The molecule has 2 amide bonds. The van der Waals surface area contributed by atoms with Gasteiger partial charge in [0, 0.05) is 10.9 Å². The number of thiophene rings is 1. The molecular weight excluding hydrogens is 396 g/mol. The zero-order valence-corrected chi connectivity index (χ0v) is 18.0. The van der Waals surface area contributed by atoms with Gasteiger partial charge in [-0.1, -0.05) is 12.1 Å². The summed E-state index contributed by atoms with van der Waals surface area (Å²) in [5.41, 5.74) is -1.86. The van der Waals surface area contributed by atoms with Crippen molar-refractivity contribution in [3.8, 4) is 10.4 Å². The van der Waals surface area contributed by atoms with E-state index in [9.17, 15) is 19.7 Å². The van der Waals surface area contributed by atoms with Gasteiger partial charge in [-0.2, -0.15) is 4.90 Å². The molecule has 0 saturated heterocycles. The average molecular weight is 420 g/mol. The molecule has 0 bridgehead atoms. The molecule has 0 fully saturated rings. The van der Waals surface area contributed by atoms with Crippen LogP contribution in [0.1, 0.15) is 41.5 Å². The molecule has 0 spiro atoms. The van der Waals surface area contributed by atoms with Crippen molar-refractivity contribution in [2.75, 3.05) is 4.90 Å². The van der Waals surface area contributed by atoms with Gasteiger partial charge in [0.15, 0.2) is 0 Å². The van der Waals surface area contributed by atoms with Gasteiger partial charge < -0.3 is 9.47 Å². The van der Waals surface area contributed by atoms with E-state index in [1.54, 1.807) is 47.6 Å². The van der Waals surface area contributed by atoms with Crippen LogP contribution in [0.15, 0.2) is 35.7 Å². The van der Waals surface area contributed by atoms with Crippen LogP contribution in [0.25, 0.3) is 10.4 Å². The molecule has 2 aromatic rings. The molecule has 1 heterocycles. The van der Waals surface area contributed by atoms with Crippen molar-refractivity contribution < 1.29 is 24.0 Å². The number of carbonyl (C=O) groups excluding carboxylic acids is 2. The van der Waals surface area contributed by atoms with Crippen LogP contribution in [0.2, 0.25) is 0 Å². The van der Waals surface area contributed by atoms with Gasteiger partial charge >= 0.3 is 12.2 Å². The van der Waals surface area contributed by atoms with Crippen LogP contribution in [0.4, 0.5) is 21.0 Å². The second kappa shape index (κ2) is 8.20. The maximum atomic E-state index is 12.8. The van der Waals surface area contributed by atoms with Gasteiger partial charge in [-0.3, -0.25) is 10.1 Å². The van der Waals surface area contributed by atoms with E-state index in [2.05, 4.69) is 0 Å². The van der Waals surface area contributed by atoms with Crippen LogP contribution in [0.3, 0.4) is 0 Å². The molecule has 0 saturated carbocycles. The minimum absolute atomic E-state index is 0.223. The first-order valence-electron chi connectivity index (χ1n) is 8.87. The van der Waals surface area contributed by atoms with Crippen molar-refractivity contribution in [2.24, 2.45) is 0 Å². The standard InChI is InChI=1S/C20H24N2O6S/c1-19(2,3)27-17(23)21(18(24)28-20(4,5)6)14-10-9-13(12-15(14)22(25)26)16-8-7-11-29-16/h7-12H,1-6H3. The van der Waals surface area contributed by atoms with E-state index in [-0.39, 0.29) is 5.69 Å². The summed E-state index contributed by atoms with van der Waals surface area (Å²) in [4.78, 5) is 38.0. The van der Waals surface area contributed by atoms with Crippen molar-refractivity contribution in [2.45, 2.75) is 52.7 Å². The largest absolute Gasteiger partial charge is 0.443 e. The lowest BCUT2D eigenvalue weighted by Crippen LogP contribution is -2.44. The Hall–Kier alpha value is -2.94. The van der Waals surface area contributed by atoms with Gasteiger partial charge in [-0.25, -0.2) is 9.59 Å². The molecule has 0 aliphatic heterocycles. The van der Waals surface area contributed by atoms with Crippen LogP contribution in [0, 0.1) is 10.1 Å². The quantitative estimate of drug-likeness (QED) is 0.446. The van der Waals surface area contributed by atoms with E-state index in [0.717, 1.165) is 4.88 Å². The lowest BCUT2D eigenvalue weighted by Gasteiger charge is -2.28. The number of amides is 2. The van der Waals surface area contributed by atoms with Gasteiger partial charge in [0.2, 0.25) is 0 Å². The third kappa shape index (κ3) is 6.02. The Balaban J connectivity index is 2.58. The van der Waals surface area contributed by atoms with Crippen molar-refractivity contribution in [3.05, 3.63) is 45.8 Å². The average Bonchev–Trinajstić information content (AvgIpc) is 3.06. The Bertz CT molecular complexity index is 882. The number of nitro groups is 1. The molecule has 29 heavy (non-hydrogen) atoms. The van der Waals surface area contributed by atoms with E-state index in [1.165, 1.54) is 23.5 Å². The summed E-state index contributed by atoms with van der Waals surface area (Å²) in [6.07, 6.45) is -2.11. The summed E-state index contributed by atoms with van der Waals surface area (Å²) in [7, 11) is 0. The van der Waals surface area contributed by atoms with Gasteiger partial charge in [0.25, 0.3) is 5.69 Å². The predicted octanol–water partition coefficient (Wildman–Crippen LogP) is 6.00. The Morgan fingerprint density at radius 1 is 1.00 bits per heavy atom. The van der Waals surface area contributed by atoms with Crippen LogP contribution in [0.5, 0.6) is 0 Å². The lowest BCUT2D eigenvalue weighted by molar-refractivity contribution is -0.384. The maximum Gasteiger partial charge on any atom is 0.424 e. The molecule has 0 unspecified atom stereocenters. The fourth-order valence-electron chi connectivity index (χ4n) is 2.34. The monoisotopic (exact) mass is 420 g/mol. The molecule has 156 valence electrons. The van der Waals surface area contributed by atoms with Crippen LogP contribution in [-0.2, 0) is 9.47 Å². The second-order valence-electron chi connectivity index (χ2n) is 8.23. The van der Waals surface area contributed by atoms with E-state index >= 15 is 0 Å². The summed E-state index contributed by atoms with van der Waals surface area (Å²) in [5, 5.41) is 13.6. The molecule has 9 heteroatoms. The highest BCUT2D eigenvalue weighted by Crippen LogP contribution is 2.36. The number of hydrogen-bond acceptors (Lipinski definition) is 7. The third-order valence-corrected chi connectivity index (χ3v) is 4.29. The Morgan fingerprint density at radius 3 is 1.97 bits per heavy atom. The molecule has 8 nitrogen and oxygen atoms in total. The molecule has 0 N–H and O–H groups in total. The number of benzene rings is 1. The molecule has 0 atom stereocenters. The third-order valence-electron chi connectivity index (χ3n) is 3.37. The van der Waals surface area contributed by atoms with E-state index in [1.807, 2.05) is 17.5 Å². The minimum Gasteiger partial charge on any atom is -0.443 e. The van der Waals surface area contributed by atoms with Crippen molar-refractivity contribution in [3.63, 3.8) is 0 Å². The van der Waals surface area contributed by atoms with Crippen molar-refractivity contribution in [1.82, 2.24) is 0 Å². The first-order valence-corrected chi connectivity index (χ1v) is 9.75. The van der Waals surface area contributed by atoms with Crippen LogP contribution >= 0.6 is 11.3 Å². The van der Waals surface area contributed by atoms with Gasteiger partial charge in [0.05, 0.1) is 4.92 Å². The molecule has 2 rings (SSSR count). The highest BCUT2D eigenvalue weighted by Gasteiger charge is 2.36. The topological polar surface area (TPSA) is 99.0 Å². The molecule has 0 aliphatic carbocycles. The summed E-state index contributed by atoms with van der Waals surface area (Å²) in [6.45, 7) is 9.79. The van der Waals surface area contributed by atoms with Gasteiger partial charge in [0.1, 0.15) is 16.9 Å². The van der Waals surface area contributed by atoms with E-state index < -0.39 is 34.0 Å². The van der Waals surface area contributed by atoms with E-state index in [4.69, 9.17) is 9.47 Å². The number of ether oxygens (including phenoxy) is 2. The number of nitro benzene ring substituents is 1. The maximum absolute atomic E-state index is 12.8. The smallest absolute Gasteiger partial charge is 0.424 e. The van der Waals surface area contributed by atoms with Crippen LogP contribution < -0.4 is 4.90 Å². The van der Waals surface area contributed by atoms with Gasteiger partial charge in [-0.05, 0) is 64.6 Å². The molecule has 1 aromatic heterocycles. The highest BCUT2D eigenvalue weighted by atomic mass is 32.1. The molecule has 0 aliphatic rings. The second-order valence-corrected chi connectivity index (χ2v) is 9.18. The minimum atomic E-state index is -1.06. The SMILES string of the molecule is CC(C)(C)OC(=O)N(C(=O)OC(C)(C)C)c1ccc(-c2cccs2)cc1[N+](=O)[O-]. The Morgan fingerprint density at radius 2 is 1.55 bits per heavy atom. The number of rotatable bonds is 3. The number of carbonyl (C=O) groups is 2. The number of hydrogen-bond donors (Lipinski definition) is 0. The highest BCUT2D eigenvalue weighted by molar-refractivity contribution is 7.13. The summed E-state index contributed by atoms with van der Waals surface area (Å²) in [6, 6.07) is 7.93. The Kier molecular flexibility index (Phi) is 6.32. The molecular formula is C20H24N2O6S. The fourth-order valence-corrected chi connectivity index (χ4v) is 3.07. The predicted molar refractivity (Wildman–Crippen MR) is 111 cm³/mol. The van der Waals surface area contributed by atoms with Crippen molar-refractivity contribution in [1.29, 1.82) is 0 Å². The number of imide groups is 1. The van der Waals surface area contributed by atoms with Crippen LogP contribution in [-0.4, -0.2) is 28.3 Å². The normalized spacial score (nSPS) is 11.7. The first kappa shape index (κ1) is 22.4. The fraction of sp³-hybridized carbons (Fsp3) is 0.400. The summed E-state index contributed by atoms with van der Waals surface area (Å²) in [5.74, 6) is 0. The number of anilines is 1. The number of nitrogens with zero attached hydrogens (tertiary/aromatic N) is 2. The van der Waals surface area contributed by atoms with Crippen molar-refractivity contribution >= 4 is 34.9 Å². The summed E-state index contributed by atoms with van der Waals surface area (Å²) >= 11 is 1.42. The lowest BCUT2D eigenvalue weighted by atomic mass is 10.1. The zero-order valence-electron chi connectivity index (χ0n) is 17.2. The van der Waals surface area contributed by atoms with Gasteiger partial charge in [-0.15, -0.1) is 11.3 Å².